The van der Waals surface area contributed by atoms with Crippen molar-refractivity contribution < 1.29 is 26.1 Å². The van der Waals surface area contributed by atoms with E-state index in [0.717, 1.165) is 29.2 Å². The number of unbranched alkanes of at least 4 members (excludes halogenated alkanes) is 2. The number of nitrogens with zero attached hydrogens (tertiary/aromatic N) is 2. The third kappa shape index (κ3) is 6.04. The standard InChI is InChI=1S/C21H22F3N3O3S2/c1-31-17-9-11-18(12-10-17)32(28,29)14-4-2-3-13-25-20-26-19(27-30-20)21(23,24)15-5-7-16(22)8-6-15/h5-12H,2-4,13-14H2,1H3,(H,25,26,27). The summed E-state index contributed by atoms with van der Waals surface area (Å²) in [5.74, 6) is -4.95. The third-order valence-corrected chi connectivity index (χ3v) is 7.26. The van der Waals surface area contributed by atoms with E-state index in [1.54, 1.807) is 36.0 Å². The molecule has 0 spiro atoms. The van der Waals surface area contributed by atoms with E-state index in [0.29, 0.717) is 30.7 Å². The second-order valence-electron chi connectivity index (χ2n) is 6.99. The number of alkyl halides is 2. The zero-order valence-corrected chi connectivity index (χ0v) is 18.9. The summed E-state index contributed by atoms with van der Waals surface area (Å²) >= 11 is 1.54. The van der Waals surface area contributed by atoms with Crippen LogP contribution in [0.5, 0.6) is 0 Å². The molecule has 1 aromatic heterocycles. The lowest BCUT2D eigenvalue weighted by molar-refractivity contribution is 0.0304. The fourth-order valence-electron chi connectivity index (χ4n) is 2.90. The number of sulfone groups is 1. The summed E-state index contributed by atoms with van der Waals surface area (Å²) in [5, 5.41) is 6.06. The van der Waals surface area contributed by atoms with Crippen LogP contribution in [0.4, 0.5) is 19.2 Å². The number of hydrogen-bond donors (Lipinski definition) is 1. The molecule has 1 heterocycles. The number of halogens is 3. The summed E-state index contributed by atoms with van der Waals surface area (Å²) in [6.07, 6.45) is 3.59. The van der Waals surface area contributed by atoms with Crippen molar-refractivity contribution in [3.8, 4) is 0 Å². The van der Waals surface area contributed by atoms with Crippen LogP contribution in [0.3, 0.4) is 0 Å². The van der Waals surface area contributed by atoms with Gasteiger partial charge in [0, 0.05) is 17.0 Å². The van der Waals surface area contributed by atoms with Crippen molar-refractivity contribution in [1.29, 1.82) is 0 Å². The maximum absolute atomic E-state index is 14.4. The van der Waals surface area contributed by atoms with Crippen LogP contribution >= 0.6 is 11.8 Å². The highest BCUT2D eigenvalue weighted by Crippen LogP contribution is 2.34. The SMILES string of the molecule is CSc1ccc(S(=O)(=O)CCCCCNc2nc(C(F)(F)c3ccc(F)cc3)no2)cc1. The highest BCUT2D eigenvalue weighted by Gasteiger charge is 2.39. The van der Waals surface area contributed by atoms with Crippen molar-refractivity contribution in [2.45, 2.75) is 35.0 Å². The Bertz CT molecular complexity index is 1120. The smallest absolute Gasteiger partial charge is 0.335 e. The first-order valence-corrected chi connectivity index (χ1v) is 12.7. The Morgan fingerprint density at radius 2 is 1.72 bits per heavy atom. The number of aromatic nitrogens is 2. The molecule has 0 aliphatic heterocycles. The van der Waals surface area contributed by atoms with Crippen molar-refractivity contribution in [3.05, 3.63) is 65.7 Å². The Kier molecular flexibility index (Phi) is 7.83. The Hall–Kier alpha value is -2.53. The van der Waals surface area contributed by atoms with Gasteiger partial charge < -0.3 is 9.84 Å². The molecule has 0 amide bonds. The number of nitrogens with one attached hydrogen (secondary N) is 1. The zero-order valence-electron chi connectivity index (χ0n) is 17.2. The van der Waals surface area contributed by atoms with Gasteiger partial charge in [-0.15, -0.1) is 11.8 Å². The summed E-state index contributed by atoms with van der Waals surface area (Å²) in [6.45, 7) is 0.353. The number of thioether (sulfide) groups is 1. The molecular formula is C21H22F3N3O3S2. The monoisotopic (exact) mass is 485 g/mol. The average molecular weight is 486 g/mol. The molecule has 2 aromatic carbocycles. The predicted molar refractivity (Wildman–Crippen MR) is 116 cm³/mol. The van der Waals surface area contributed by atoms with E-state index < -0.39 is 33.0 Å². The molecule has 1 N–H and O–H groups in total. The van der Waals surface area contributed by atoms with E-state index in [4.69, 9.17) is 4.52 Å². The molecule has 0 aliphatic carbocycles. The molecule has 6 nitrogen and oxygen atoms in total. The minimum atomic E-state index is -3.53. The second-order valence-corrected chi connectivity index (χ2v) is 9.98. The van der Waals surface area contributed by atoms with Crippen LogP contribution in [0.1, 0.15) is 30.7 Å². The molecule has 3 rings (SSSR count). The quantitative estimate of drug-likeness (QED) is 0.298. The summed E-state index contributed by atoms with van der Waals surface area (Å²) in [4.78, 5) is 4.96. The molecule has 11 heteroatoms. The largest absolute Gasteiger partial charge is 0.338 e. The number of rotatable bonds is 11. The van der Waals surface area contributed by atoms with Gasteiger partial charge in [-0.25, -0.2) is 12.8 Å². The molecule has 0 saturated heterocycles. The highest BCUT2D eigenvalue weighted by atomic mass is 32.2. The first kappa shape index (κ1) is 24.1. The van der Waals surface area contributed by atoms with Gasteiger partial charge in [0.25, 0.3) is 0 Å². The van der Waals surface area contributed by atoms with Gasteiger partial charge in [0.2, 0.25) is 5.82 Å². The lowest BCUT2D eigenvalue weighted by atomic mass is 10.1. The summed E-state index contributed by atoms with van der Waals surface area (Å²) in [7, 11) is -3.34. The van der Waals surface area contributed by atoms with E-state index in [1.807, 2.05) is 6.26 Å². The van der Waals surface area contributed by atoms with Crippen LogP contribution in [0, 0.1) is 5.82 Å². The fourth-order valence-corrected chi connectivity index (χ4v) is 4.68. The molecule has 0 saturated carbocycles. The molecule has 0 unspecified atom stereocenters. The molecule has 3 aromatic rings. The van der Waals surface area contributed by atoms with Gasteiger partial charge in [0.1, 0.15) is 5.82 Å². The maximum atomic E-state index is 14.4. The molecule has 0 radical (unpaired) electrons. The minimum absolute atomic E-state index is 0.0280. The van der Waals surface area contributed by atoms with Crippen LogP contribution in [0.2, 0.25) is 0 Å². The van der Waals surface area contributed by atoms with E-state index in [9.17, 15) is 21.6 Å². The van der Waals surface area contributed by atoms with Crippen molar-refractivity contribution in [1.82, 2.24) is 10.1 Å². The number of hydrogen-bond acceptors (Lipinski definition) is 7. The third-order valence-electron chi connectivity index (χ3n) is 4.70. The van der Waals surface area contributed by atoms with Gasteiger partial charge in [0.15, 0.2) is 9.84 Å². The van der Waals surface area contributed by atoms with E-state index >= 15 is 0 Å². The average Bonchev–Trinajstić information content (AvgIpc) is 3.26. The van der Waals surface area contributed by atoms with Gasteiger partial charge in [-0.1, -0.05) is 11.6 Å². The predicted octanol–water partition coefficient (Wildman–Crippen LogP) is 5.13. The van der Waals surface area contributed by atoms with Crippen LogP contribution in [-0.4, -0.2) is 37.1 Å². The van der Waals surface area contributed by atoms with E-state index in [1.165, 1.54) is 0 Å². The lowest BCUT2D eigenvalue weighted by Gasteiger charge is -2.11. The first-order chi connectivity index (χ1) is 15.2. The second kappa shape index (κ2) is 10.4. The maximum Gasteiger partial charge on any atom is 0.335 e. The van der Waals surface area contributed by atoms with Gasteiger partial charge in [-0.2, -0.15) is 13.8 Å². The molecular weight excluding hydrogens is 463 g/mol. The molecule has 172 valence electrons. The summed E-state index contributed by atoms with van der Waals surface area (Å²) in [5.41, 5.74) is -0.449. The Morgan fingerprint density at radius 3 is 2.38 bits per heavy atom. The van der Waals surface area contributed by atoms with Crippen molar-refractivity contribution >= 4 is 27.6 Å². The molecule has 0 aliphatic rings. The minimum Gasteiger partial charge on any atom is -0.338 e. The van der Waals surface area contributed by atoms with Gasteiger partial charge in [-0.05, 0) is 67.6 Å². The lowest BCUT2D eigenvalue weighted by Crippen LogP contribution is -2.17. The molecule has 32 heavy (non-hydrogen) atoms. The normalized spacial score (nSPS) is 12.1. The van der Waals surface area contributed by atoms with Crippen molar-refractivity contribution in [2.24, 2.45) is 0 Å². The molecule has 0 atom stereocenters. The fraction of sp³-hybridized carbons (Fsp3) is 0.333. The van der Waals surface area contributed by atoms with Crippen LogP contribution in [0.25, 0.3) is 0 Å². The van der Waals surface area contributed by atoms with Crippen LogP contribution in [0.15, 0.2) is 62.8 Å². The molecule has 0 fully saturated rings. The summed E-state index contributed by atoms with van der Waals surface area (Å²) in [6, 6.07) is 10.4. The van der Waals surface area contributed by atoms with Gasteiger partial charge >= 0.3 is 11.9 Å². The topological polar surface area (TPSA) is 85.1 Å². The Morgan fingerprint density at radius 1 is 1.03 bits per heavy atom. The number of anilines is 1. The van der Waals surface area contributed by atoms with Crippen molar-refractivity contribution in [2.75, 3.05) is 23.9 Å². The highest BCUT2D eigenvalue weighted by molar-refractivity contribution is 7.98. The van der Waals surface area contributed by atoms with Gasteiger partial charge in [0.05, 0.1) is 10.6 Å². The Balaban J connectivity index is 1.43. The first-order valence-electron chi connectivity index (χ1n) is 9.81. The van der Waals surface area contributed by atoms with Crippen LogP contribution in [-0.2, 0) is 15.8 Å². The summed E-state index contributed by atoms with van der Waals surface area (Å²) < 4.78 is 71.3. The zero-order chi connectivity index (χ0) is 23.2. The van der Waals surface area contributed by atoms with Gasteiger partial charge in [-0.3, -0.25) is 0 Å². The number of benzene rings is 2. The Labute approximate surface area is 188 Å². The van der Waals surface area contributed by atoms with Crippen LogP contribution < -0.4 is 5.32 Å². The van der Waals surface area contributed by atoms with Crippen molar-refractivity contribution in [3.63, 3.8) is 0 Å². The van der Waals surface area contributed by atoms with E-state index in [2.05, 4.69) is 15.5 Å². The van der Waals surface area contributed by atoms with E-state index in [-0.39, 0.29) is 11.8 Å². The molecule has 0 bridgehead atoms.